The van der Waals surface area contributed by atoms with E-state index in [1.165, 1.54) is 0 Å². The molecule has 3 nitrogen and oxygen atoms in total. The Morgan fingerprint density at radius 3 is 2.42 bits per heavy atom. The number of hydrogen-bond donors (Lipinski definition) is 1. The lowest BCUT2D eigenvalue weighted by Crippen LogP contribution is -2.27. The molecule has 0 spiro atoms. The summed E-state index contributed by atoms with van der Waals surface area (Å²) in [5.74, 6) is -0.758. The molecule has 3 atom stereocenters. The fourth-order valence-electron chi connectivity index (χ4n) is 3.37. The number of aryl methyl sites for hydroxylation is 1. The van der Waals surface area contributed by atoms with E-state index >= 15 is 0 Å². The van der Waals surface area contributed by atoms with Gasteiger partial charge < -0.3 is 5.32 Å². The predicted octanol–water partition coefficient (Wildman–Crippen LogP) is 3.97. The van der Waals surface area contributed by atoms with Crippen LogP contribution in [-0.4, -0.2) is 11.7 Å². The van der Waals surface area contributed by atoms with Gasteiger partial charge in [0.1, 0.15) is 11.7 Å². The number of benzene rings is 2. The number of carbonyl (C=O) groups excluding carboxylic acids is 2. The van der Waals surface area contributed by atoms with E-state index in [1.54, 1.807) is 0 Å². The highest BCUT2D eigenvalue weighted by Crippen LogP contribution is 2.35. The van der Waals surface area contributed by atoms with Gasteiger partial charge in [-0.25, -0.2) is 0 Å². The van der Waals surface area contributed by atoms with E-state index in [0.29, 0.717) is 17.9 Å². The second-order valence-corrected chi connectivity index (χ2v) is 6.76. The Morgan fingerprint density at radius 2 is 1.75 bits per heavy atom. The van der Waals surface area contributed by atoms with Crippen LogP contribution in [-0.2, 0) is 16.0 Å². The van der Waals surface area contributed by atoms with Crippen LogP contribution in [0.1, 0.15) is 30.5 Å². The van der Waals surface area contributed by atoms with Gasteiger partial charge in [0, 0.05) is 11.4 Å². The maximum atomic E-state index is 12.6. The Morgan fingerprint density at radius 1 is 1.08 bits per heavy atom. The minimum atomic E-state index is -0.567. The summed E-state index contributed by atoms with van der Waals surface area (Å²) < 4.78 is 0. The average Bonchev–Trinajstić information content (AvgIpc) is 2.89. The quantitative estimate of drug-likeness (QED) is 0.836. The van der Waals surface area contributed by atoms with Crippen molar-refractivity contribution in [2.45, 2.75) is 25.8 Å². The molecule has 0 aromatic heterocycles. The van der Waals surface area contributed by atoms with E-state index in [1.807, 2.05) is 61.5 Å². The molecule has 0 bridgehead atoms. The lowest BCUT2D eigenvalue weighted by atomic mass is 9.84. The normalized spacial score (nSPS) is 23.1. The summed E-state index contributed by atoms with van der Waals surface area (Å²) >= 11 is 5.87. The summed E-state index contributed by atoms with van der Waals surface area (Å²) in [4.78, 5) is 24.9. The molecule has 1 heterocycles. The highest BCUT2D eigenvalue weighted by Gasteiger charge is 2.43. The summed E-state index contributed by atoms with van der Waals surface area (Å²) in [6.07, 6.45) is 0.994. The van der Waals surface area contributed by atoms with Crippen molar-refractivity contribution in [3.8, 4) is 0 Å². The molecule has 1 unspecified atom stereocenters. The second-order valence-electron chi connectivity index (χ2n) is 6.33. The van der Waals surface area contributed by atoms with Crippen LogP contribution in [0, 0.1) is 11.8 Å². The van der Waals surface area contributed by atoms with Gasteiger partial charge in [-0.1, -0.05) is 61.0 Å². The van der Waals surface area contributed by atoms with Crippen molar-refractivity contribution in [2.75, 3.05) is 0 Å². The van der Waals surface area contributed by atoms with E-state index in [9.17, 15) is 9.59 Å². The molecule has 4 heteroatoms. The third kappa shape index (κ3) is 3.51. The Kier molecular flexibility index (Phi) is 5.00. The molecule has 1 aliphatic rings. The van der Waals surface area contributed by atoms with Gasteiger partial charge in [-0.3, -0.25) is 9.59 Å². The van der Waals surface area contributed by atoms with Crippen LogP contribution in [0.25, 0.3) is 0 Å². The zero-order valence-electron chi connectivity index (χ0n) is 13.5. The van der Waals surface area contributed by atoms with Crippen LogP contribution in [0.2, 0.25) is 5.02 Å². The largest absolute Gasteiger partial charge is 0.348 e. The molecular weight excluding hydrogens is 322 g/mol. The third-order valence-electron chi connectivity index (χ3n) is 4.71. The van der Waals surface area contributed by atoms with Crippen molar-refractivity contribution in [3.63, 3.8) is 0 Å². The molecule has 0 saturated carbocycles. The molecule has 3 rings (SSSR count). The highest BCUT2D eigenvalue weighted by molar-refractivity contribution is 6.30. The van der Waals surface area contributed by atoms with Gasteiger partial charge in [0.15, 0.2) is 0 Å². The fourth-order valence-corrected chi connectivity index (χ4v) is 3.49. The number of carbonyl (C=O) groups is 2. The molecule has 1 saturated heterocycles. The lowest BCUT2D eigenvalue weighted by Gasteiger charge is -2.18. The number of rotatable bonds is 5. The van der Waals surface area contributed by atoms with E-state index in [0.717, 1.165) is 11.1 Å². The van der Waals surface area contributed by atoms with Gasteiger partial charge in [0.25, 0.3) is 0 Å². The molecule has 1 N–H and O–H groups in total. The lowest BCUT2D eigenvalue weighted by molar-refractivity contribution is -0.132. The number of hydrogen-bond acceptors (Lipinski definition) is 2. The topological polar surface area (TPSA) is 46.2 Å². The van der Waals surface area contributed by atoms with Crippen molar-refractivity contribution in [1.29, 1.82) is 0 Å². The standard InChI is InChI=1S/C20H20ClNO2/c1-13-18(17(23)12-9-14-7-10-16(21)11-8-14)20(24)22-19(13)15-5-3-2-4-6-15/h2-8,10-11,13,18-19H,9,12H2,1H3,(H,22,24)/t13-,18?,19+/m1/s1. The molecule has 0 aliphatic carbocycles. The van der Waals surface area contributed by atoms with Crippen molar-refractivity contribution >= 4 is 23.3 Å². The van der Waals surface area contributed by atoms with E-state index < -0.39 is 5.92 Å². The minimum absolute atomic E-state index is 0.00776. The fraction of sp³-hybridized carbons (Fsp3) is 0.300. The zero-order valence-corrected chi connectivity index (χ0v) is 14.3. The van der Waals surface area contributed by atoms with Crippen molar-refractivity contribution in [3.05, 3.63) is 70.7 Å². The van der Waals surface area contributed by atoms with Crippen LogP contribution >= 0.6 is 11.6 Å². The van der Waals surface area contributed by atoms with Crippen molar-refractivity contribution in [2.24, 2.45) is 11.8 Å². The van der Waals surface area contributed by atoms with E-state index in [4.69, 9.17) is 11.6 Å². The zero-order chi connectivity index (χ0) is 17.1. The summed E-state index contributed by atoms with van der Waals surface area (Å²) in [6.45, 7) is 1.97. The molecule has 1 fully saturated rings. The van der Waals surface area contributed by atoms with Crippen molar-refractivity contribution < 1.29 is 9.59 Å². The summed E-state index contributed by atoms with van der Waals surface area (Å²) in [7, 11) is 0. The van der Waals surface area contributed by atoms with Crippen molar-refractivity contribution in [1.82, 2.24) is 5.32 Å². The smallest absolute Gasteiger partial charge is 0.231 e. The van der Waals surface area contributed by atoms with E-state index in [2.05, 4.69) is 5.32 Å². The summed E-state index contributed by atoms with van der Waals surface area (Å²) in [6, 6.07) is 17.2. The second kappa shape index (κ2) is 7.18. The molecule has 24 heavy (non-hydrogen) atoms. The van der Waals surface area contributed by atoms with Gasteiger partial charge in [-0.2, -0.15) is 0 Å². The summed E-state index contributed by atoms with van der Waals surface area (Å²) in [5.41, 5.74) is 2.10. The molecule has 0 radical (unpaired) electrons. The predicted molar refractivity (Wildman–Crippen MR) is 94.8 cm³/mol. The third-order valence-corrected chi connectivity index (χ3v) is 4.96. The van der Waals surface area contributed by atoms with Crippen LogP contribution in [0.4, 0.5) is 0 Å². The van der Waals surface area contributed by atoms with Gasteiger partial charge >= 0.3 is 0 Å². The maximum absolute atomic E-state index is 12.6. The maximum Gasteiger partial charge on any atom is 0.231 e. The first-order chi connectivity index (χ1) is 11.6. The van der Waals surface area contributed by atoms with E-state index in [-0.39, 0.29) is 23.7 Å². The Labute approximate surface area is 147 Å². The van der Waals surface area contributed by atoms with Gasteiger partial charge in [0.05, 0.1) is 6.04 Å². The molecule has 1 aliphatic heterocycles. The summed E-state index contributed by atoms with van der Waals surface area (Å²) in [5, 5.41) is 3.66. The molecular formula is C20H20ClNO2. The van der Waals surface area contributed by atoms with Gasteiger partial charge in [0.2, 0.25) is 5.91 Å². The monoisotopic (exact) mass is 341 g/mol. The minimum Gasteiger partial charge on any atom is -0.348 e. The van der Waals surface area contributed by atoms with Gasteiger partial charge in [-0.15, -0.1) is 0 Å². The molecule has 2 aromatic rings. The molecule has 124 valence electrons. The first-order valence-corrected chi connectivity index (χ1v) is 8.56. The molecule has 2 aromatic carbocycles. The molecule has 1 amide bonds. The Bertz CT molecular complexity index is 727. The number of nitrogens with one attached hydrogen (secondary N) is 1. The SMILES string of the molecule is C[C@@H]1C(C(=O)CCc2ccc(Cl)cc2)C(=O)N[C@@H]1c1ccccc1. The number of ketones is 1. The number of Topliss-reactive ketones (excluding diaryl/α,β-unsaturated/α-hetero) is 1. The number of amides is 1. The van der Waals surface area contributed by atoms with Crippen LogP contribution in [0.5, 0.6) is 0 Å². The van der Waals surface area contributed by atoms with Crippen LogP contribution in [0.3, 0.4) is 0 Å². The number of halogens is 1. The average molecular weight is 342 g/mol. The first-order valence-electron chi connectivity index (χ1n) is 8.19. The van der Waals surface area contributed by atoms with Gasteiger partial charge in [-0.05, 0) is 35.6 Å². The van der Waals surface area contributed by atoms with Crippen LogP contribution in [0.15, 0.2) is 54.6 Å². The Hall–Kier alpha value is -2.13. The van der Waals surface area contributed by atoms with Crippen LogP contribution < -0.4 is 5.32 Å². The Balaban J connectivity index is 1.66. The first kappa shape index (κ1) is 16.7. The highest BCUT2D eigenvalue weighted by atomic mass is 35.5.